The summed E-state index contributed by atoms with van der Waals surface area (Å²) in [5.41, 5.74) is 3.02. The van der Waals surface area contributed by atoms with E-state index < -0.39 is 0 Å². The van der Waals surface area contributed by atoms with Crippen molar-refractivity contribution in [3.8, 4) is 5.75 Å². The minimum atomic E-state index is 0.0724. The van der Waals surface area contributed by atoms with Gasteiger partial charge < -0.3 is 4.74 Å². The minimum Gasteiger partial charge on any atom is -0.489 e. The van der Waals surface area contributed by atoms with Crippen molar-refractivity contribution in [2.24, 2.45) is 0 Å². The van der Waals surface area contributed by atoms with E-state index in [1.54, 1.807) is 0 Å². The number of rotatable bonds is 5. The van der Waals surface area contributed by atoms with Crippen LogP contribution in [0.3, 0.4) is 0 Å². The van der Waals surface area contributed by atoms with Gasteiger partial charge in [-0.15, -0.1) is 0 Å². The molecule has 3 nitrogen and oxygen atoms in total. The Kier molecular flexibility index (Phi) is 6.12. The summed E-state index contributed by atoms with van der Waals surface area (Å²) in [6.45, 7) is 6.25. The molecule has 0 atom stereocenters. The van der Waals surface area contributed by atoms with Crippen molar-refractivity contribution in [1.29, 1.82) is 0 Å². The molecule has 4 heteroatoms. The maximum Gasteiger partial charge on any atom is 0.161 e. The zero-order valence-corrected chi connectivity index (χ0v) is 16.0. The molecule has 0 unspecified atom stereocenters. The number of hydrogen-bond acceptors (Lipinski definition) is 3. The largest absolute Gasteiger partial charge is 0.489 e. The number of halogens is 1. The Labute approximate surface area is 160 Å². The summed E-state index contributed by atoms with van der Waals surface area (Å²) in [5, 5.41) is 0.567. The molecule has 2 aromatic rings. The van der Waals surface area contributed by atoms with Crippen LogP contribution in [0.1, 0.15) is 31.4 Å². The Morgan fingerprint density at radius 3 is 2.65 bits per heavy atom. The topological polar surface area (TPSA) is 29.5 Å². The molecule has 0 amide bonds. The van der Waals surface area contributed by atoms with Crippen LogP contribution in [0.4, 0.5) is 0 Å². The summed E-state index contributed by atoms with van der Waals surface area (Å²) < 4.78 is 5.67. The minimum absolute atomic E-state index is 0.0724. The number of carbonyl (C=O) groups is 1. The third-order valence-corrected chi connectivity index (χ3v) is 4.61. The van der Waals surface area contributed by atoms with Gasteiger partial charge >= 0.3 is 0 Å². The first-order valence-electron chi connectivity index (χ1n) is 8.97. The zero-order chi connectivity index (χ0) is 18.5. The van der Waals surface area contributed by atoms with Gasteiger partial charge in [0.15, 0.2) is 5.78 Å². The summed E-state index contributed by atoms with van der Waals surface area (Å²) in [7, 11) is 0. The molecule has 1 saturated heterocycles. The highest BCUT2D eigenvalue weighted by atomic mass is 35.5. The number of carbonyl (C=O) groups excluding carboxylic acids is 1. The van der Waals surface area contributed by atoms with Crippen LogP contribution in [0.5, 0.6) is 5.75 Å². The predicted octanol–water partition coefficient (Wildman–Crippen LogP) is 4.99. The predicted molar refractivity (Wildman–Crippen MR) is 107 cm³/mol. The van der Waals surface area contributed by atoms with Crippen LogP contribution >= 0.6 is 11.6 Å². The van der Waals surface area contributed by atoms with Crippen LogP contribution in [-0.4, -0.2) is 29.9 Å². The van der Waals surface area contributed by atoms with Gasteiger partial charge in [0.05, 0.1) is 11.1 Å². The van der Waals surface area contributed by atoms with Gasteiger partial charge in [-0.05, 0) is 43.2 Å². The molecule has 0 radical (unpaired) electrons. The summed E-state index contributed by atoms with van der Waals surface area (Å²) in [6.07, 6.45) is 2.58. The van der Waals surface area contributed by atoms with Gasteiger partial charge in [0.2, 0.25) is 0 Å². The van der Waals surface area contributed by atoms with Gasteiger partial charge in [-0.25, -0.2) is 0 Å². The molecule has 3 rings (SSSR count). The number of ketones is 1. The number of ether oxygens (including phenoxy) is 1. The van der Waals surface area contributed by atoms with Crippen LogP contribution in [0.25, 0.3) is 6.08 Å². The SMILES string of the molecule is CC(C)Oc1ccc(/C=C2\CN(Cc3ccccc3)CCC2=O)cc1Cl. The van der Waals surface area contributed by atoms with Gasteiger partial charge in [-0.1, -0.05) is 48.0 Å². The van der Waals surface area contributed by atoms with E-state index in [0.717, 1.165) is 24.2 Å². The first-order valence-corrected chi connectivity index (χ1v) is 9.35. The quantitative estimate of drug-likeness (QED) is 0.695. The lowest BCUT2D eigenvalue weighted by Gasteiger charge is -2.28. The molecule has 0 saturated carbocycles. The molecule has 1 aliphatic rings. The van der Waals surface area contributed by atoms with Gasteiger partial charge in [-0.2, -0.15) is 0 Å². The molecule has 0 aromatic heterocycles. The smallest absolute Gasteiger partial charge is 0.161 e. The number of piperidine rings is 1. The number of likely N-dealkylation sites (tertiary alicyclic amines) is 1. The zero-order valence-electron chi connectivity index (χ0n) is 15.2. The van der Waals surface area contributed by atoms with Gasteiger partial charge in [0, 0.05) is 31.6 Å². The highest BCUT2D eigenvalue weighted by molar-refractivity contribution is 6.32. The summed E-state index contributed by atoms with van der Waals surface area (Å²) in [6, 6.07) is 16.0. The van der Waals surface area contributed by atoms with E-state index in [9.17, 15) is 4.79 Å². The van der Waals surface area contributed by atoms with Crippen molar-refractivity contribution in [3.05, 3.63) is 70.3 Å². The molecule has 0 N–H and O–H groups in total. The molecule has 136 valence electrons. The Morgan fingerprint density at radius 2 is 1.96 bits per heavy atom. The molecule has 0 aliphatic carbocycles. The second-order valence-electron chi connectivity index (χ2n) is 6.90. The molecule has 1 fully saturated rings. The van der Waals surface area contributed by atoms with E-state index in [2.05, 4.69) is 17.0 Å². The van der Waals surface area contributed by atoms with E-state index in [1.807, 2.05) is 56.3 Å². The number of nitrogens with zero attached hydrogens (tertiary/aromatic N) is 1. The molecule has 2 aromatic carbocycles. The molecule has 1 aliphatic heterocycles. The van der Waals surface area contributed by atoms with Crippen molar-refractivity contribution in [3.63, 3.8) is 0 Å². The van der Waals surface area contributed by atoms with E-state index in [1.165, 1.54) is 5.56 Å². The molecular formula is C22H24ClNO2. The van der Waals surface area contributed by atoms with Crippen molar-refractivity contribution in [1.82, 2.24) is 4.90 Å². The lowest BCUT2D eigenvalue weighted by molar-refractivity contribution is -0.117. The Bertz CT molecular complexity index is 799. The maximum absolute atomic E-state index is 12.3. The van der Waals surface area contributed by atoms with E-state index in [4.69, 9.17) is 16.3 Å². The third-order valence-electron chi connectivity index (χ3n) is 4.32. The van der Waals surface area contributed by atoms with Crippen molar-refractivity contribution < 1.29 is 9.53 Å². The monoisotopic (exact) mass is 369 g/mol. The van der Waals surface area contributed by atoms with E-state index in [-0.39, 0.29) is 11.9 Å². The molecule has 26 heavy (non-hydrogen) atoms. The van der Waals surface area contributed by atoms with Gasteiger partial charge in [-0.3, -0.25) is 9.69 Å². The maximum atomic E-state index is 12.3. The second-order valence-corrected chi connectivity index (χ2v) is 7.30. The molecular weight excluding hydrogens is 346 g/mol. The van der Waals surface area contributed by atoms with Crippen LogP contribution in [0.15, 0.2) is 54.1 Å². The standard InChI is InChI=1S/C22H24ClNO2/c1-16(2)26-22-9-8-18(13-20(22)23)12-19-15-24(11-10-21(19)25)14-17-6-4-3-5-7-17/h3-9,12-13,16H,10-11,14-15H2,1-2H3/b19-12+. The molecule has 1 heterocycles. The van der Waals surface area contributed by atoms with E-state index >= 15 is 0 Å². The molecule has 0 spiro atoms. The van der Waals surface area contributed by atoms with Gasteiger partial charge in [0.25, 0.3) is 0 Å². The van der Waals surface area contributed by atoms with Crippen LogP contribution < -0.4 is 4.74 Å². The normalized spacial score (nSPS) is 17.1. The van der Waals surface area contributed by atoms with E-state index in [0.29, 0.717) is 23.7 Å². The summed E-state index contributed by atoms with van der Waals surface area (Å²) in [4.78, 5) is 14.6. The average Bonchev–Trinajstić information content (AvgIpc) is 2.61. The first-order chi connectivity index (χ1) is 12.5. The fourth-order valence-corrected chi connectivity index (χ4v) is 3.32. The summed E-state index contributed by atoms with van der Waals surface area (Å²) in [5.74, 6) is 0.887. The van der Waals surface area contributed by atoms with Crippen LogP contribution in [0.2, 0.25) is 5.02 Å². The molecule has 0 bridgehead atoms. The highest BCUT2D eigenvalue weighted by Gasteiger charge is 2.21. The number of Topliss-reactive ketones (excluding diaryl/α,β-unsaturated/α-hetero) is 1. The van der Waals surface area contributed by atoms with Gasteiger partial charge in [0.1, 0.15) is 5.75 Å². The van der Waals surface area contributed by atoms with Crippen molar-refractivity contribution >= 4 is 23.5 Å². The Balaban J connectivity index is 1.74. The highest BCUT2D eigenvalue weighted by Crippen LogP contribution is 2.28. The second kappa shape index (κ2) is 8.52. The Hall–Kier alpha value is -2.10. The first kappa shape index (κ1) is 18.7. The fraction of sp³-hybridized carbons (Fsp3) is 0.318. The lowest BCUT2D eigenvalue weighted by atomic mass is 9.99. The third kappa shape index (κ3) is 4.96. The van der Waals surface area contributed by atoms with Crippen molar-refractivity contribution in [2.75, 3.05) is 13.1 Å². The van der Waals surface area contributed by atoms with Crippen molar-refractivity contribution in [2.45, 2.75) is 32.9 Å². The lowest BCUT2D eigenvalue weighted by Crippen LogP contribution is -2.35. The average molecular weight is 370 g/mol. The van der Waals surface area contributed by atoms with Crippen LogP contribution in [0, 0.1) is 0 Å². The fourth-order valence-electron chi connectivity index (χ4n) is 3.09. The summed E-state index contributed by atoms with van der Waals surface area (Å²) >= 11 is 6.31. The van der Waals surface area contributed by atoms with Crippen LogP contribution in [-0.2, 0) is 11.3 Å². The number of benzene rings is 2. The Morgan fingerprint density at radius 1 is 1.19 bits per heavy atom. The number of hydrogen-bond donors (Lipinski definition) is 0.